The molecule has 0 spiro atoms. The highest BCUT2D eigenvalue weighted by atomic mass is 16.2. The van der Waals surface area contributed by atoms with Gasteiger partial charge in [-0.2, -0.15) is 0 Å². The summed E-state index contributed by atoms with van der Waals surface area (Å²) >= 11 is 0. The summed E-state index contributed by atoms with van der Waals surface area (Å²) in [6.45, 7) is 2.64. The SMILES string of the molecule is O=C(Nc1ccccc1N1CCCCC1)c1cn(Cc2ccccc2)nn1. The Morgan fingerprint density at radius 3 is 2.52 bits per heavy atom. The van der Waals surface area contributed by atoms with Gasteiger partial charge in [-0.15, -0.1) is 5.10 Å². The van der Waals surface area contributed by atoms with E-state index in [9.17, 15) is 4.79 Å². The van der Waals surface area contributed by atoms with E-state index in [0.29, 0.717) is 12.2 Å². The van der Waals surface area contributed by atoms with Crippen molar-refractivity contribution in [3.05, 3.63) is 72.1 Å². The number of carbonyl (C=O) groups excluding carboxylic acids is 1. The monoisotopic (exact) mass is 361 g/mol. The van der Waals surface area contributed by atoms with Gasteiger partial charge in [0, 0.05) is 13.1 Å². The first-order valence-electron chi connectivity index (χ1n) is 9.39. The first-order valence-corrected chi connectivity index (χ1v) is 9.39. The van der Waals surface area contributed by atoms with Gasteiger partial charge in [0.1, 0.15) is 0 Å². The van der Waals surface area contributed by atoms with Gasteiger partial charge in [-0.25, -0.2) is 4.68 Å². The smallest absolute Gasteiger partial charge is 0.277 e. The van der Waals surface area contributed by atoms with Crippen LogP contribution in [0.25, 0.3) is 0 Å². The Labute approximate surface area is 158 Å². The number of benzene rings is 2. The minimum Gasteiger partial charge on any atom is -0.370 e. The minimum absolute atomic E-state index is 0.237. The normalized spacial score (nSPS) is 14.1. The third kappa shape index (κ3) is 4.16. The zero-order valence-electron chi connectivity index (χ0n) is 15.2. The molecule has 0 atom stereocenters. The largest absolute Gasteiger partial charge is 0.370 e. The van der Waals surface area contributed by atoms with Crippen LogP contribution in [0.2, 0.25) is 0 Å². The number of aromatic nitrogens is 3. The van der Waals surface area contributed by atoms with Gasteiger partial charge in [0.15, 0.2) is 5.69 Å². The van der Waals surface area contributed by atoms with Crippen molar-refractivity contribution < 1.29 is 4.79 Å². The van der Waals surface area contributed by atoms with Gasteiger partial charge in [-0.1, -0.05) is 47.7 Å². The van der Waals surface area contributed by atoms with Gasteiger partial charge in [0.2, 0.25) is 0 Å². The summed E-state index contributed by atoms with van der Waals surface area (Å²) in [5, 5.41) is 11.1. The van der Waals surface area contributed by atoms with Crippen molar-refractivity contribution in [2.75, 3.05) is 23.3 Å². The van der Waals surface area contributed by atoms with Gasteiger partial charge in [0.05, 0.1) is 24.1 Å². The van der Waals surface area contributed by atoms with Crippen LogP contribution in [0.1, 0.15) is 35.3 Å². The molecule has 3 aromatic rings. The van der Waals surface area contributed by atoms with Gasteiger partial charge in [-0.05, 0) is 37.0 Å². The third-order valence-electron chi connectivity index (χ3n) is 4.81. The Bertz CT molecular complexity index is 900. The molecule has 0 bridgehead atoms. The maximum absolute atomic E-state index is 12.7. The second kappa shape index (κ2) is 8.03. The lowest BCUT2D eigenvalue weighted by Crippen LogP contribution is -2.30. The van der Waals surface area contributed by atoms with Crippen LogP contribution in [0.4, 0.5) is 11.4 Å². The average molecular weight is 361 g/mol. The topological polar surface area (TPSA) is 63.1 Å². The second-order valence-corrected chi connectivity index (χ2v) is 6.81. The van der Waals surface area contributed by atoms with E-state index in [1.165, 1.54) is 19.3 Å². The Hall–Kier alpha value is -3.15. The molecule has 6 nitrogen and oxygen atoms in total. The summed E-state index contributed by atoms with van der Waals surface area (Å²) < 4.78 is 1.68. The zero-order valence-corrected chi connectivity index (χ0v) is 15.2. The number of piperidine rings is 1. The van der Waals surface area contributed by atoms with Crippen LogP contribution >= 0.6 is 0 Å². The van der Waals surface area contributed by atoms with Crippen LogP contribution in [0.15, 0.2) is 60.8 Å². The van der Waals surface area contributed by atoms with E-state index in [1.54, 1.807) is 10.9 Å². The van der Waals surface area contributed by atoms with Crippen LogP contribution < -0.4 is 10.2 Å². The van der Waals surface area contributed by atoms with Crippen molar-refractivity contribution in [3.8, 4) is 0 Å². The highest BCUT2D eigenvalue weighted by Gasteiger charge is 2.17. The molecular formula is C21H23N5O. The fraction of sp³-hybridized carbons (Fsp3) is 0.286. The van der Waals surface area contributed by atoms with E-state index in [0.717, 1.165) is 30.0 Å². The van der Waals surface area contributed by atoms with Gasteiger partial charge >= 0.3 is 0 Å². The van der Waals surface area contributed by atoms with Crippen molar-refractivity contribution in [3.63, 3.8) is 0 Å². The summed E-state index contributed by atoms with van der Waals surface area (Å²) in [4.78, 5) is 15.0. The van der Waals surface area contributed by atoms with Gasteiger partial charge in [0.25, 0.3) is 5.91 Å². The Balaban J connectivity index is 1.47. The van der Waals surface area contributed by atoms with Gasteiger partial charge in [-0.3, -0.25) is 4.79 Å². The molecule has 0 radical (unpaired) electrons. The van der Waals surface area contributed by atoms with E-state index >= 15 is 0 Å². The van der Waals surface area contributed by atoms with Crippen molar-refractivity contribution in [1.29, 1.82) is 0 Å². The summed E-state index contributed by atoms with van der Waals surface area (Å²) in [6, 6.07) is 17.9. The Morgan fingerprint density at radius 1 is 0.963 bits per heavy atom. The van der Waals surface area contributed by atoms with Gasteiger partial charge < -0.3 is 10.2 Å². The number of anilines is 2. The van der Waals surface area contributed by atoms with Crippen LogP contribution in [0, 0.1) is 0 Å². The summed E-state index contributed by atoms with van der Waals surface area (Å²) in [6.07, 6.45) is 5.34. The summed E-state index contributed by atoms with van der Waals surface area (Å²) in [7, 11) is 0. The van der Waals surface area contributed by atoms with Crippen molar-refractivity contribution in [2.24, 2.45) is 0 Å². The predicted octanol–water partition coefficient (Wildman–Crippen LogP) is 3.57. The molecule has 0 aliphatic carbocycles. The molecule has 1 amide bonds. The molecule has 1 aliphatic rings. The number of hydrogen-bond donors (Lipinski definition) is 1. The van der Waals surface area contributed by atoms with E-state index in [2.05, 4.69) is 26.6 Å². The van der Waals surface area contributed by atoms with Crippen LogP contribution in [-0.2, 0) is 6.54 Å². The second-order valence-electron chi connectivity index (χ2n) is 6.81. The fourth-order valence-electron chi connectivity index (χ4n) is 3.43. The maximum Gasteiger partial charge on any atom is 0.277 e. The molecule has 6 heteroatoms. The standard InChI is InChI=1S/C21H23N5O/c27-21(19-16-26(24-23-19)15-17-9-3-1-4-10-17)22-18-11-5-6-12-20(18)25-13-7-2-8-14-25/h1,3-6,9-12,16H,2,7-8,13-15H2,(H,22,27). The van der Waals surface area contributed by atoms with E-state index < -0.39 is 0 Å². The van der Waals surface area contributed by atoms with Crippen molar-refractivity contribution in [2.45, 2.75) is 25.8 Å². The first kappa shape index (κ1) is 17.3. The molecule has 0 saturated carbocycles. The number of nitrogens with zero attached hydrogens (tertiary/aromatic N) is 4. The average Bonchev–Trinajstić information content (AvgIpc) is 3.18. The number of amides is 1. The molecule has 0 unspecified atom stereocenters. The molecule has 4 rings (SSSR count). The molecule has 138 valence electrons. The summed E-state index contributed by atoms with van der Waals surface area (Å²) in [5.41, 5.74) is 3.33. The van der Waals surface area contributed by atoms with Crippen molar-refractivity contribution in [1.82, 2.24) is 15.0 Å². The predicted molar refractivity (Wildman–Crippen MR) is 106 cm³/mol. The number of hydrogen-bond acceptors (Lipinski definition) is 4. The molecule has 1 N–H and O–H groups in total. The van der Waals surface area contributed by atoms with Crippen LogP contribution in [0.5, 0.6) is 0 Å². The molecule has 2 aromatic carbocycles. The molecule has 2 heterocycles. The lowest BCUT2D eigenvalue weighted by Gasteiger charge is -2.30. The lowest BCUT2D eigenvalue weighted by atomic mass is 10.1. The van der Waals surface area contributed by atoms with Crippen molar-refractivity contribution >= 4 is 17.3 Å². The number of carbonyl (C=O) groups is 1. The zero-order chi connectivity index (χ0) is 18.5. The number of para-hydroxylation sites is 2. The molecule has 1 fully saturated rings. The third-order valence-corrected chi connectivity index (χ3v) is 4.81. The summed E-state index contributed by atoms with van der Waals surface area (Å²) in [5.74, 6) is -0.237. The Kier molecular flexibility index (Phi) is 5.14. The number of nitrogens with one attached hydrogen (secondary N) is 1. The van der Waals surface area contributed by atoms with E-state index in [4.69, 9.17) is 0 Å². The first-order chi connectivity index (χ1) is 13.3. The van der Waals surface area contributed by atoms with Crippen LogP contribution in [-0.4, -0.2) is 34.0 Å². The molecule has 1 aromatic heterocycles. The van der Waals surface area contributed by atoms with Crippen LogP contribution in [0.3, 0.4) is 0 Å². The number of rotatable bonds is 5. The maximum atomic E-state index is 12.7. The lowest BCUT2D eigenvalue weighted by molar-refractivity contribution is 0.102. The Morgan fingerprint density at radius 2 is 1.70 bits per heavy atom. The molecule has 27 heavy (non-hydrogen) atoms. The highest BCUT2D eigenvalue weighted by molar-refractivity contribution is 6.04. The quantitative estimate of drug-likeness (QED) is 0.755. The highest BCUT2D eigenvalue weighted by Crippen LogP contribution is 2.28. The van der Waals surface area contributed by atoms with E-state index in [-0.39, 0.29) is 5.91 Å². The fourth-order valence-corrected chi connectivity index (χ4v) is 3.43. The molecule has 1 aliphatic heterocycles. The molecule has 1 saturated heterocycles. The van der Waals surface area contributed by atoms with E-state index in [1.807, 2.05) is 48.5 Å². The molecular weight excluding hydrogens is 338 g/mol. The minimum atomic E-state index is -0.237.